The topological polar surface area (TPSA) is 35.9 Å². The van der Waals surface area contributed by atoms with E-state index in [-0.39, 0.29) is 5.92 Å². The predicted molar refractivity (Wildman–Crippen MR) is 136 cm³/mol. The Morgan fingerprint density at radius 1 is 1.06 bits per heavy atom. The van der Waals surface area contributed by atoms with Gasteiger partial charge in [0.25, 0.3) is 0 Å². The monoisotopic (exact) mass is 450 g/mol. The van der Waals surface area contributed by atoms with Crippen LogP contribution in [0.2, 0.25) is 0 Å². The lowest BCUT2D eigenvalue weighted by atomic mass is 9.72. The Morgan fingerprint density at radius 3 is 2.52 bits per heavy atom. The SMILES string of the molecule is Cc1cc(C(CN2CCC[C@H](N(C)C)C2)C2(O)CCCCC2)ccc1OCc1ccccc1. The van der Waals surface area contributed by atoms with E-state index in [0.29, 0.717) is 12.6 Å². The number of piperidine rings is 1. The number of aliphatic hydroxyl groups is 1. The van der Waals surface area contributed by atoms with Crippen LogP contribution in [0.3, 0.4) is 0 Å². The van der Waals surface area contributed by atoms with Gasteiger partial charge in [0.15, 0.2) is 0 Å². The van der Waals surface area contributed by atoms with E-state index >= 15 is 0 Å². The van der Waals surface area contributed by atoms with Crippen molar-refractivity contribution in [2.45, 2.75) is 76.0 Å². The molecule has 0 amide bonds. The van der Waals surface area contributed by atoms with E-state index in [1.807, 2.05) is 18.2 Å². The van der Waals surface area contributed by atoms with Crippen molar-refractivity contribution in [1.29, 1.82) is 0 Å². The van der Waals surface area contributed by atoms with E-state index < -0.39 is 5.60 Å². The molecule has 2 aromatic carbocycles. The van der Waals surface area contributed by atoms with Crippen LogP contribution in [-0.4, -0.2) is 60.3 Å². The maximum Gasteiger partial charge on any atom is 0.122 e. The number of aryl methyl sites for hydroxylation is 1. The third kappa shape index (κ3) is 6.17. The molecule has 1 aliphatic heterocycles. The van der Waals surface area contributed by atoms with Gasteiger partial charge in [-0.2, -0.15) is 0 Å². The van der Waals surface area contributed by atoms with Gasteiger partial charge in [0, 0.05) is 25.0 Å². The number of hydrogen-bond donors (Lipinski definition) is 1. The van der Waals surface area contributed by atoms with Crippen LogP contribution in [0.5, 0.6) is 5.75 Å². The molecule has 2 fully saturated rings. The number of likely N-dealkylation sites (tertiary alicyclic amines) is 1. The lowest BCUT2D eigenvalue weighted by Gasteiger charge is -2.44. The summed E-state index contributed by atoms with van der Waals surface area (Å²) in [5.41, 5.74) is 2.98. The van der Waals surface area contributed by atoms with E-state index in [4.69, 9.17) is 4.74 Å². The van der Waals surface area contributed by atoms with Gasteiger partial charge in [0.1, 0.15) is 12.4 Å². The third-order valence-corrected chi connectivity index (χ3v) is 7.86. The van der Waals surface area contributed by atoms with Crippen molar-refractivity contribution >= 4 is 0 Å². The molecule has 1 heterocycles. The molecule has 0 bridgehead atoms. The molecule has 0 aromatic heterocycles. The summed E-state index contributed by atoms with van der Waals surface area (Å²) in [5, 5.41) is 11.8. The van der Waals surface area contributed by atoms with Gasteiger partial charge in [-0.25, -0.2) is 0 Å². The minimum Gasteiger partial charge on any atom is -0.489 e. The summed E-state index contributed by atoms with van der Waals surface area (Å²) in [6.45, 7) is 5.87. The largest absolute Gasteiger partial charge is 0.489 e. The molecule has 1 saturated heterocycles. The number of ether oxygens (including phenoxy) is 1. The highest BCUT2D eigenvalue weighted by molar-refractivity contribution is 5.39. The first-order valence-corrected chi connectivity index (χ1v) is 12.8. The highest BCUT2D eigenvalue weighted by Crippen LogP contribution is 2.41. The fourth-order valence-electron chi connectivity index (χ4n) is 5.76. The Kier molecular flexibility index (Phi) is 8.11. The molecule has 2 aliphatic rings. The van der Waals surface area contributed by atoms with Crippen LogP contribution in [0, 0.1) is 6.92 Å². The molecule has 4 nitrogen and oxygen atoms in total. The summed E-state index contributed by atoms with van der Waals surface area (Å²) in [6, 6.07) is 17.5. The second kappa shape index (κ2) is 11.0. The van der Waals surface area contributed by atoms with Crippen LogP contribution in [0.25, 0.3) is 0 Å². The zero-order valence-corrected chi connectivity index (χ0v) is 20.8. The zero-order chi connectivity index (χ0) is 23.3. The second-order valence-corrected chi connectivity index (χ2v) is 10.5. The van der Waals surface area contributed by atoms with Crippen molar-refractivity contribution in [3.8, 4) is 5.75 Å². The van der Waals surface area contributed by atoms with Gasteiger partial charge in [-0.1, -0.05) is 61.7 Å². The van der Waals surface area contributed by atoms with Gasteiger partial charge in [0.05, 0.1) is 5.60 Å². The van der Waals surface area contributed by atoms with Gasteiger partial charge >= 0.3 is 0 Å². The van der Waals surface area contributed by atoms with Gasteiger partial charge in [0.2, 0.25) is 0 Å². The summed E-state index contributed by atoms with van der Waals surface area (Å²) in [5.74, 6) is 1.07. The highest BCUT2D eigenvalue weighted by atomic mass is 16.5. The van der Waals surface area contributed by atoms with Crippen molar-refractivity contribution in [2.24, 2.45) is 0 Å². The second-order valence-electron chi connectivity index (χ2n) is 10.5. The van der Waals surface area contributed by atoms with Gasteiger partial charge < -0.3 is 19.6 Å². The fourth-order valence-corrected chi connectivity index (χ4v) is 5.76. The van der Waals surface area contributed by atoms with Crippen LogP contribution in [0.1, 0.15) is 67.6 Å². The number of hydrogen-bond acceptors (Lipinski definition) is 4. The molecule has 4 heteroatoms. The van der Waals surface area contributed by atoms with Crippen LogP contribution >= 0.6 is 0 Å². The average Bonchev–Trinajstić information content (AvgIpc) is 2.83. The molecule has 180 valence electrons. The summed E-state index contributed by atoms with van der Waals surface area (Å²) < 4.78 is 6.14. The molecule has 0 spiro atoms. The Labute approximate surface area is 200 Å². The summed E-state index contributed by atoms with van der Waals surface area (Å²) in [4.78, 5) is 4.96. The molecule has 33 heavy (non-hydrogen) atoms. The highest BCUT2D eigenvalue weighted by Gasteiger charge is 2.40. The lowest BCUT2D eigenvalue weighted by Crippen LogP contribution is -2.50. The van der Waals surface area contributed by atoms with Crippen LogP contribution in [0.4, 0.5) is 0 Å². The van der Waals surface area contributed by atoms with Gasteiger partial charge in [-0.15, -0.1) is 0 Å². The minimum atomic E-state index is -0.609. The van der Waals surface area contributed by atoms with E-state index in [1.165, 1.54) is 30.4 Å². The summed E-state index contributed by atoms with van der Waals surface area (Å²) >= 11 is 0. The Morgan fingerprint density at radius 2 is 1.82 bits per heavy atom. The van der Waals surface area contributed by atoms with E-state index in [1.54, 1.807) is 0 Å². The van der Waals surface area contributed by atoms with Crippen LogP contribution in [0.15, 0.2) is 48.5 Å². The summed E-state index contributed by atoms with van der Waals surface area (Å²) in [7, 11) is 4.38. The molecule has 1 aliphatic carbocycles. The van der Waals surface area contributed by atoms with Gasteiger partial charge in [-0.3, -0.25) is 0 Å². The first-order valence-electron chi connectivity index (χ1n) is 12.8. The van der Waals surface area contributed by atoms with Crippen LogP contribution < -0.4 is 4.74 Å². The molecule has 1 unspecified atom stereocenters. The number of rotatable bonds is 8. The van der Waals surface area contributed by atoms with Crippen molar-refractivity contribution in [3.63, 3.8) is 0 Å². The fraction of sp³-hybridized carbons (Fsp3) is 0.586. The minimum absolute atomic E-state index is 0.139. The quantitative estimate of drug-likeness (QED) is 0.586. The number of nitrogens with zero attached hydrogens (tertiary/aromatic N) is 2. The first-order chi connectivity index (χ1) is 15.9. The maximum absolute atomic E-state index is 11.8. The van der Waals surface area contributed by atoms with Crippen molar-refractivity contribution < 1.29 is 9.84 Å². The molecule has 1 saturated carbocycles. The number of benzene rings is 2. The molecule has 4 rings (SSSR count). The van der Waals surface area contributed by atoms with Crippen molar-refractivity contribution in [1.82, 2.24) is 9.80 Å². The predicted octanol–water partition coefficient (Wildman–Crippen LogP) is 5.38. The third-order valence-electron chi connectivity index (χ3n) is 7.86. The average molecular weight is 451 g/mol. The van der Waals surface area contributed by atoms with E-state index in [9.17, 15) is 5.11 Å². The normalized spacial score (nSPS) is 22.3. The van der Waals surface area contributed by atoms with E-state index in [0.717, 1.165) is 56.6 Å². The molecular weight excluding hydrogens is 408 g/mol. The summed E-state index contributed by atoms with van der Waals surface area (Å²) in [6.07, 6.45) is 7.83. The Bertz CT molecular complexity index is 876. The maximum atomic E-state index is 11.8. The van der Waals surface area contributed by atoms with Crippen molar-refractivity contribution in [2.75, 3.05) is 33.7 Å². The lowest BCUT2D eigenvalue weighted by molar-refractivity contribution is -0.0345. The standard InChI is InChI=1S/C29H42N2O2/c1-23-19-25(14-15-28(23)33-22-24-11-6-4-7-12-24)27(29(32)16-8-5-9-17-29)21-31-18-10-13-26(20-31)30(2)3/h4,6-7,11-12,14-15,19,26-27,32H,5,8-10,13,16-18,20-22H2,1-3H3/t26-,27?/m0/s1. The molecule has 1 N–H and O–H groups in total. The van der Waals surface area contributed by atoms with E-state index in [2.05, 4.69) is 61.2 Å². The molecular formula is C29H42N2O2. The Balaban J connectivity index is 1.53. The molecule has 2 aromatic rings. The molecule has 0 radical (unpaired) electrons. The van der Waals surface area contributed by atoms with Gasteiger partial charge in [-0.05, 0) is 76.0 Å². The zero-order valence-electron chi connectivity index (χ0n) is 20.8. The van der Waals surface area contributed by atoms with Crippen molar-refractivity contribution in [3.05, 3.63) is 65.2 Å². The number of likely N-dealkylation sites (N-methyl/N-ethyl adjacent to an activating group) is 1. The smallest absolute Gasteiger partial charge is 0.122 e. The van der Waals surface area contributed by atoms with Crippen LogP contribution in [-0.2, 0) is 6.61 Å². The molecule has 2 atom stereocenters. The first kappa shape index (κ1) is 24.3. The Hall–Kier alpha value is -1.88.